The van der Waals surface area contributed by atoms with Crippen molar-refractivity contribution in [2.45, 2.75) is 51.7 Å². The zero-order valence-corrected chi connectivity index (χ0v) is 14.0. The van der Waals surface area contributed by atoms with Gasteiger partial charge in [-0.3, -0.25) is 14.5 Å². The van der Waals surface area contributed by atoms with Gasteiger partial charge in [-0.15, -0.1) is 0 Å². The second kappa shape index (κ2) is 6.96. The fourth-order valence-corrected chi connectivity index (χ4v) is 3.31. The molecule has 0 spiro atoms. The van der Waals surface area contributed by atoms with Gasteiger partial charge in [0.25, 0.3) is 0 Å². The number of hydrogen-bond donors (Lipinski definition) is 1. The topological polar surface area (TPSA) is 75.9 Å². The van der Waals surface area contributed by atoms with Gasteiger partial charge >= 0.3 is 0 Å². The van der Waals surface area contributed by atoms with E-state index in [9.17, 15) is 9.59 Å². The summed E-state index contributed by atoms with van der Waals surface area (Å²) in [6, 6.07) is -0.139. The zero-order chi connectivity index (χ0) is 16.3. The number of amides is 2. The molecule has 6 heteroatoms. The molecule has 0 aromatic rings. The number of piperidine rings is 1. The quantitative estimate of drug-likeness (QED) is 0.825. The van der Waals surface area contributed by atoms with Crippen molar-refractivity contribution in [3.63, 3.8) is 0 Å². The van der Waals surface area contributed by atoms with Crippen LogP contribution >= 0.6 is 0 Å². The van der Waals surface area contributed by atoms with E-state index in [4.69, 9.17) is 10.5 Å². The van der Waals surface area contributed by atoms with Crippen molar-refractivity contribution in [1.29, 1.82) is 0 Å². The van der Waals surface area contributed by atoms with Crippen molar-refractivity contribution < 1.29 is 14.3 Å². The summed E-state index contributed by atoms with van der Waals surface area (Å²) in [6.45, 7) is 9.71. The number of hydrogen-bond acceptors (Lipinski definition) is 4. The van der Waals surface area contributed by atoms with Crippen LogP contribution in [0.5, 0.6) is 0 Å². The lowest BCUT2D eigenvalue weighted by Gasteiger charge is -2.43. The minimum Gasteiger partial charge on any atom is -0.373 e. The van der Waals surface area contributed by atoms with Gasteiger partial charge in [0.15, 0.2) is 0 Å². The lowest BCUT2D eigenvalue weighted by molar-refractivity contribution is -0.147. The Bertz CT molecular complexity index is 421. The summed E-state index contributed by atoms with van der Waals surface area (Å²) in [5.74, 6) is -0.165. The molecule has 2 rings (SSSR count). The fourth-order valence-electron chi connectivity index (χ4n) is 3.31. The summed E-state index contributed by atoms with van der Waals surface area (Å²) in [4.78, 5) is 28.0. The number of nitrogens with zero attached hydrogens (tertiary/aromatic N) is 2. The molecule has 2 amide bonds. The molecule has 2 heterocycles. The largest absolute Gasteiger partial charge is 0.373 e. The Balaban J connectivity index is 1.91. The Morgan fingerprint density at radius 1 is 1.32 bits per heavy atom. The summed E-state index contributed by atoms with van der Waals surface area (Å²) in [5, 5.41) is 0. The summed E-state index contributed by atoms with van der Waals surface area (Å²) in [6.07, 6.45) is 2.31. The molecule has 0 aliphatic carbocycles. The van der Waals surface area contributed by atoms with Crippen molar-refractivity contribution >= 4 is 11.8 Å². The van der Waals surface area contributed by atoms with Crippen LogP contribution in [0.2, 0.25) is 0 Å². The highest BCUT2D eigenvalue weighted by molar-refractivity contribution is 5.82. The summed E-state index contributed by atoms with van der Waals surface area (Å²) in [5.41, 5.74) is 5.19. The Morgan fingerprint density at radius 2 is 1.95 bits per heavy atom. The summed E-state index contributed by atoms with van der Waals surface area (Å²) < 4.78 is 5.84. The normalized spacial score (nSPS) is 29.3. The van der Waals surface area contributed by atoms with E-state index in [1.807, 2.05) is 11.8 Å². The van der Waals surface area contributed by atoms with Gasteiger partial charge in [0.1, 0.15) is 0 Å². The number of likely N-dealkylation sites (tertiary alicyclic amines) is 1. The molecule has 126 valence electrons. The predicted octanol–water partition coefficient (Wildman–Crippen LogP) is 0.600. The van der Waals surface area contributed by atoms with E-state index in [0.717, 1.165) is 19.5 Å². The van der Waals surface area contributed by atoms with Gasteiger partial charge in [-0.05, 0) is 33.1 Å². The van der Waals surface area contributed by atoms with Crippen LogP contribution < -0.4 is 5.73 Å². The molecular formula is C16H29N3O3. The van der Waals surface area contributed by atoms with Crippen molar-refractivity contribution in [2.24, 2.45) is 11.7 Å². The summed E-state index contributed by atoms with van der Waals surface area (Å²) >= 11 is 0. The van der Waals surface area contributed by atoms with Crippen molar-refractivity contribution in [3.05, 3.63) is 0 Å². The third kappa shape index (κ3) is 3.79. The molecule has 0 saturated carbocycles. The SMILES string of the molecule is CC[C@]1(C)CN([C@@H](C)C(=O)N2CCC(C(N)=O)CC2)CCO1. The first-order valence-corrected chi connectivity index (χ1v) is 8.32. The molecule has 2 N–H and O–H groups in total. The third-order valence-corrected chi connectivity index (χ3v) is 5.23. The number of carbonyl (C=O) groups excluding carboxylic acids is 2. The average molecular weight is 311 g/mol. The minimum atomic E-state index is -0.243. The molecule has 2 aliphatic rings. The maximum absolute atomic E-state index is 12.7. The molecule has 0 aromatic carbocycles. The van der Waals surface area contributed by atoms with Gasteiger partial charge < -0.3 is 15.4 Å². The maximum Gasteiger partial charge on any atom is 0.239 e. The number of rotatable bonds is 4. The Labute approximate surface area is 132 Å². The third-order valence-electron chi connectivity index (χ3n) is 5.23. The van der Waals surface area contributed by atoms with Gasteiger partial charge in [0.2, 0.25) is 11.8 Å². The molecule has 2 atom stereocenters. The molecule has 2 fully saturated rings. The number of morpholine rings is 1. The van der Waals surface area contributed by atoms with Gasteiger partial charge in [0, 0.05) is 32.1 Å². The highest BCUT2D eigenvalue weighted by atomic mass is 16.5. The molecular weight excluding hydrogens is 282 g/mol. The van der Waals surface area contributed by atoms with E-state index < -0.39 is 0 Å². The van der Waals surface area contributed by atoms with Crippen LogP contribution in [0.15, 0.2) is 0 Å². The van der Waals surface area contributed by atoms with E-state index in [1.165, 1.54) is 0 Å². The van der Waals surface area contributed by atoms with Crippen LogP contribution in [0.4, 0.5) is 0 Å². The van der Waals surface area contributed by atoms with Gasteiger partial charge in [-0.1, -0.05) is 6.92 Å². The molecule has 0 unspecified atom stereocenters. The Kier molecular flexibility index (Phi) is 5.45. The molecule has 0 bridgehead atoms. The Morgan fingerprint density at radius 3 is 2.50 bits per heavy atom. The lowest BCUT2D eigenvalue weighted by Crippen LogP contribution is -2.57. The van der Waals surface area contributed by atoms with Crippen LogP contribution in [0.3, 0.4) is 0 Å². The second-order valence-electron chi connectivity index (χ2n) is 6.80. The monoisotopic (exact) mass is 311 g/mol. The molecule has 22 heavy (non-hydrogen) atoms. The van der Waals surface area contributed by atoms with Gasteiger partial charge in [0.05, 0.1) is 18.2 Å². The molecule has 6 nitrogen and oxygen atoms in total. The number of nitrogens with two attached hydrogens (primary N) is 1. The maximum atomic E-state index is 12.7. The highest BCUT2D eigenvalue weighted by Gasteiger charge is 2.36. The molecule has 2 aliphatic heterocycles. The van der Waals surface area contributed by atoms with E-state index in [0.29, 0.717) is 32.5 Å². The van der Waals surface area contributed by atoms with Crippen molar-refractivity contribution in [2.75, 3.05) is 32.8 Å². The summed E-state index contributed by atoms with van der Waals surface area (Å²) in [7, 11) is 0. The molecule has 0 radical (unpaired) electrons. The van der Waals surface area contributed by atoms with Gasteiger partial charge in [-0.2, -0.15) is 0 Å². The zero-order valence-electron chi connectivity index (χ0n) is 14.0. The number of ether oxygens (including phenoxy) is 1. The smallest absolute Gasteiger partial charge is 0.239 e. The first-order chi connectivity index (χ1) is 10.4. The Hall–Kier alpha value is -1.14. The lowest BCUT2D eigenvalue weighted by atomic mass is 9.95. The van der Waals surface area contributed by atoms with Crippen molar-refractivity contribution in [3.8, 4) is 0 Å². The van der Waals surface area contributed by atoms with Gasteiger partial charge in [-0.25, -0.2) is 0 Å². The second-order valence-corrected chi connectivity index (χ2v) is 6.80. The van der Waals surface area contributed by atoms with E-state index in [2.05, 4.69) is 18.7 Å². The first kappa shape index (κ1) is 17.2. The van der Waals surface area contributed by atoms with Crippen LogP contribution in [0.1, 0.15) is 40.0 Å². The molecule has 2 saturated heterocycles. The fraction of sp³-hybridized carbons (Fsp3) is 0.875. The number of primary amides is 1. The first-order valence-electron chi connectivity index (χ1n) is 8.32. The van der Waals surface area contributed by atoms with E-state index in [1.54, 1.807) is 0 Å². The van der Waals surface area contributed by atoms with Crippen LogP contribution in [0.25, 0.3) is 0 Å². The molecule has 0 aromatic heterocycles. The average Bonchev–Trinajstić information content (AvgIpc) is 2.53. The standard InChI is InChI=1S/C16H29N3O3/c1-4-16(3)11-19(9-10-22-16)12(2)15(21)18-7-5-13(6-8-18)14(17)20/h12-13H,4-11H2,1-3H3,(H2,17,20)/t12-,16+/m0/s1. The van der Waals surface area contributed by atoms with Crippen LogP contribution in [-0.2, 0) is 14.3 Å². The van der Waals surface area contributed by atoms with Crippen LogP contribution in [0, 0.1) is 5.92 Å². The highest BCUT2D eigenvalue weighted by Crippen LogP contribution is 2.24. The van der Waals surface area contributed by atoms with E-state index in [-0.39, 0.29) is 29.4 Å². The van der Waals surface area contributed by atoms with Crippen molar-refractivity contribution in [1.82, 2.24) is 9.80 Å². The van der Waals surface area contributed by atoms with Crippen LogP contribution in [-0.4, -0.2) is 66.0 Å². The minimum absolute atomic E-state index is 0.0777. The predicted molar refractivity (Wildman–Crippen MR) is 84.2 cm³/mol. The number of carbonyl (C=O) groups is 2. The van der Waals surface area contributed by atoms with E-state index >= 15 is 0 Å².